The molecule has 0 aromatic heterocycles. The first-order valence-electron chi connectivity index (χ1n) is 7.77. The summed E-state index contributed by atoms with van der Waals surface area (Å²) in [6.45, 7) is 7.33. The first-order chi connectivity index (χ1) is 9.54. The quantitative estimate of drug-likeness (QED) is 0.827. The van der Waals surface area contributed by atoms with Crippen LogP contribution >= 0.6 is 0 Å². The molecule has 0 aromatic rings. The van der Waals surface area contributed by atoms with Crippen molar-refractivity contribution in [3.05, 3.63) is 0 Å². The lowest BCUT2D eigenvalue weighted by molar-refractivity contribution is -0.151. The summed E-state index contributed by atoms with van der Waals surface area (Å²) >= 11 is 0. The zero-order chi connectivity index (χ0) is 14.7. The predicted molar refractivity (Wildman–Crippen MR) is 76.2 cm³/mol. The summed E-state index contributed by atoms with van der Waals surface area (Å²) in [5.74, 6) is 0.164. The molecule has 2 aliphatic heterocycles. The van der Waals surface area contributed by atoms with Crippen molar-refractivity contribution in [2.75, 3.05) is 13.2 Å². The number of ether oxygens (including phenoxy) is 1. The van der Waals surface area contributed by atoms with E-state index >= 15 is 0 Å². The van der Waals surface area contributed by atoms with Gasteiger partial charge in [-0.15, -0.1) is 0 Å². The molecule has 0 aromatic carbocycles. The molecule has 5 nitrogen and oxygen atoms in total. The van der Waals surface area contributed by atoms with E-state index in [1.807, 2.05) is 20.8 Å². The van der Waals surface area contributed by atoms with Gasteiger partial charge in [0, 0.05) is 13.2 Å². The van der Waals surface area contributed by atoms with Crippen LogP contribution in [0, 0.1) is 5.92 Å². The van der Waals surface area contributed by atoms with E-state index in [2.05, 4.69) is 5.32 Å². The third kappa shape index (κ3) is 3.14. The molecule has 2 rings (SSSR count). The minimum Gasteiger partial charge on any atom is -0.378 e. The van der Waals surface area contributed by atoms with E-state index < -0.39 is 0 Å². The molecular formula is C15H26N2O3. The maximum Gasteiger partial charge on any atom is 0.246 e. The molecular weight excluding hydrogens is 256 g/mol. The van der Waals surface area contributed by atoms with E-state index in [9.17, 15) is 9.59 Å². The van der Waals surface area contributed by atoms with E-state index in [4.69, 9.17) is 4.74 Å². The number of nitrogens with one attached hydrogen (secondary N) is 1. The summed E-state index contributed by atoms with van der Waals surface area (Å²) in [6, 6.07) is -0.700. The lowest BCUT2D eigenvalue weighted by Gasteiger charge is -2.40. The smallest absolute Gasteiger partial charge is 0.246 e. The van der Waals surface area contributed by atoms with Gasteiger partial charge >= 0.3 is 0 Å². The Balaban J connectivity index is 2.03. The lowest BCUT2D eigenvalue weighted by Crippen LogP contribution is -2.64. The second kappa shape index (κ2) is 6.57. The molecule has 0 radical (unpaired) electrons. The van der Waals surface area contributed by atoms with Crippen LogP contribution in [-0.4, -0.2) is 48.1 Å². The van der Waals surface area contributed by atoms with Gasteiger partial charge in [0.2, 0.25) is 11.8 Å². The summed E-state index contributed by atoms with van der Waals surface area (Å²) in [6.07, 6.45) is 3.92. The lowest BCUT2D eigenvalue weighted by atomic mass is 9.96. The van der Waals surface area contributed by atoms with Crippen molar-refractivity contribution in [3.63, 3.8) is 0 Å². The maximum absolute atomic E-state index is 12.6. The van der Waals surface area contributed by atoms with Gasteiger partial charge in [-0.3, -0.25) is 9.59 Å². The summed E-state index contributed by atoms with van der Waals surface area (Å²) in [5, 5.41) is 2.86. The molecule has 2 amide bonds. The van der Waals surface area contributed by atoms with Crippen molar-refractivity contribution < 1.29 is 14.3 Å². The van der Waals surface area contributed by atoms with Crippen molar-refractivity contribution in [3.8, 4) is 0 Å². The first-order valence-corrected chi connectivity index (χ1v) is 7.77. The molecule has 3 unspecified atom stereocenters. The zero-order valence-corrected chi connectivity index (χ0v) is 12.7. The number of carbonyl (C=O) groups is 2. The third-order valence-electron chi connectivity index (χ3n) is 4.30. The van der Waals surface area contributed by atoms with Crippen LogP contribution in [0.15, 0.2) is 0 Å². The van der Waals surface area contributed by atoms with Crippen LogP contribution in [0.5, 0.6) is 0 Å². The number of piperazine rings is 1. The van der Waals surface area contributed by atoms with Crippen LogP contribution < -0.4 is 5.32 Å². The highest BCUT2D eigenvalue weighted by atomic mass is 16.5. The molecule has 2 fully saturated rings. The zero-order valence-electron chi connectivity index (χ0n) is 12.7. The molecule has 0 spiro atoms. The van der Waals surface area contributed by atoms with Gasteiger partial charge < -0.3 is 15.0 Å². The van der Waals surface area contributed by atoms with Crippen LogP contribution in [0.2, 0.25) is 0 Å². The monoisotopic (exact) mass is 282 g/mol. The Labute approximate surface area is 121 Å². The molecule has 3 atom stereocenters. The highest BCUT2D eigenvalue weighted by Gasteiger charge is 2.40. The van der Waals surface area contributed by atoms with Gasteiger partial charge in [0.05, 0.1) is 6.10 Å². The molecule has 2 aliphatic rings. The number of hydrogen-bond acceptors (Lipinski definition) is 3. The SMILES string of the molecule is CCC1C(=O)NC(C(C)C)C(=O)N1CCC1CCCO1. The van der Waals surface area contributed by atoms with Crippen molar-refractivity contribution in [1.82, 2.24) is 10.2 Å². The average molecular weight is 282 g/mol. The molecule has 114 valence electrons. The fraction of sp³-hybridized carbons (Fsp3) is 0.867. The molecule has 0 bridgehead atoms. The highest BCUT2D eigenvalue weighted by molar-refractivity contribution is 5.97. The van der Waals surface area contributed by atoms with Gasteiger partial charge in [-0.2, -0.15) is 0 Å². The molecule has 0 aliphatic carbocycles. The third-order valence-corrected chi connectivity index (χ3v) is 4.30. The normalized spacial score (nSPS) is 31.0. The van der Waals surface area contributed by atoms with Gasteiger partial charge in [-0.05, 0) is 31.6 Å². The van der Waals surface area contributed by atoms with Gasteiger partial charge in [0.1, 0.15) is 12.1 Å². The summed E-state index contributed by atoms with van der Waals surface area (Å²) in [4.78, 5) is 26.5. The summed E-state index contributed by atoms with van der Waals surface area (Å²) in [7, 11) is 0. The Bertz CT molecular complexity index is 364. The fourth-order valence-electron chi connectivity index (χ4n) is 3.06. The van der Waals surface area contributed by atoms with Crippen molar-refractivity contribution in [2.24, 2.45) is 5.92 Å². The molecule has 0 saturated carbocycles. The Kier molecular flexibility index (Phi) is 5.02. The molecule has 1 N–H and O–H groups in total. The maximum atomic E-state index is 12.6. The van der Waals surface area contributed by atoms with Crippen LogP contribution in [-0.2, 0) is 14.3 Å². The van der Waals surface area contributed by atoms with Crippen LogP contribution in [0.3, 0.4) is 0 Å². The number of rotatable bonds is 5. The summed E-state index contributed by atoms with van der Waals surface area (Å²) in [5.41, 5.74) is 0. The van der Waals surface area contributed by atoms with Gasteiger partial charge in [-0.1, -0.05) is 20.8 Å². The van der Waals surface area contributed by atoms with Crippen LogP contribution in [0.25, 0.3) is 0 Å². The van der Waals surface area contributed by atoms with E-state index in [-0.39, 0.29) is 35.9 Å². The van der Waals surface area contributed by atoms with E-state index in [1.54, 1.807) is 4.90 Å². The molecule has 20 heavy (non-hydrogen) atoms. The van der Waals surface area contributed by atoms with Gasteiger partial charge in [0.25, 0.3) is 0 Å². The van der Waals surface area contributed by atoms with Crippen molar-refractivity contribution in [1.29, 1.82) is 0 Å². The van der Waals surface area contributed by atoms with E-state index in [0.29, 0.717) is 13.0 Å². The van der Waals surface area contributed by atoms with Crippen LogP contribution in [0.1, 0.15) is 46.5 Å². The first kappa shape index (κ1) is 15.3. The minimum absolute atomic E-state index is 0.0156. The number of hydrogen-bond donors (Lipinski definition) is 1. The number of nitrogens with zero attached hydrogens (tertiary/aromatic N) is 1. The Morgan fingerprint density at radius 2 is 2.15 bits per heavy atom. The van der Waals surface area contributed by atoms with Gasteiger partial charge in [-0.25, -0.2) is 0 Å². The topological polar surface area (TPSA) is 58.6 Å². The Hall–Kier alpha value is -1.10. The molecule has 5 heteroatoms. The van der Waals surface area contributed by atoms with E-state index in [1.165, 1.54) is 0 Å². The fourth-order valence-corrected chi connectivity index (χ4v) is 3.06. The Morgan fingerprint density at radius 1 is 1.40 bits per heavy atom. The average Bonchev–Trinajstić information content (AvgIpc) is 2.91. The minimum atomic E-state index is -0.380. The standard InChI is InChI=1S/C15H26N2O3/c1-4-12-14(18)16-13(10(2)3)15(19)17(12)8-7-11-6-5-9-20-11/h10-13H,4-9H2,1-3H3,(H,16,18). The van der Waals surface area contributed by atoms with Crippen LogP contribution in [0.4, 0.5) is 0 Å². The largest absolute Gasteiger partial charge is 0.378 e. The molecule has 2 heterocycles. The number of carbonyl (C=O) groups excluding carboxylic acids is 2. The second-order valence-electron chi connectivity index (χ2n) is 6.11. The van der Waals surface area contributed by atoms with Crippen molar-refractivity contribution in [2.45, 2.75) is 64.6 Å². The number of amides is 2. The molecule has 2 saturated heterocycles. The summed E-state index contributed by atoms with van der Waals surface area (Å²) < 4.78 is 5.61. The van der Waals surface area contributed by atoms with Crippen molar-refractivity contribution >= 4 is 11.8 Å². The van der Waals surface area contributed by atoms with E-state index in [0.717, 1.165) is 25.9 Å². The van der Waals surface area contributed by atoms with Gasteiger partial charge in [0.15, 0.2) is 0 Å². The predicted octanol–water partition coefficient (Wildman–Crippen LogP) is 1.32. The highest BCUT2D eigenvalue weighted by Crippen LogP contribution is 2.21. The Morgan fingerprint density at radius 3 is 2.70 bits per heavy atom. The second-order valence-corrected chi connectivity index (χ2v) is 6.11.